The lowest BCUT2D eigenvalue weighted by atomic mass is 10.2. The molecule has 6 nitrogen and oxygen atoms in total. The molecule has 5 N–H and O–H groups in total. The van der Waals surface area contributed by atoms with Crippen molar-refractivity contribution < 1.29 is 9.90 Å². The summed E-state index contributed by atoms with van der Waals surface area (Å²) in [6.07, 6.45) is 1.43. The molecule has 0 aromatic carbocycles. The van der Waals surface area contributed by atoms with E-state index in [-0.39, 0.29) is 10.7 Å². The molecule has 0 amide bonds. The van der Waals surface area contributed by atoms with E-state index in [2.05, 4.69) is 15.7 Å². The standard InChI is InChI=1S/C8H10N4O2S/c9-12-8(15)11-4-6-3-5(7(13)14)1-2-10-6/h1-3H,4,9H2,(H,13,14)(H2,11,12,15). The summed E-state index contributed by atoms with van der Waals surface area (Å²) in [5.74, 6) is 4.06. The van der Waals surface area contributed by atoms with Gasteiger partial charge < -0.3 is 15.8 Å². The molecule has 1 rings (SSSR count). The first-order valence-corrected chi connectivity index (χ1v) is 4.47. The average Bonchev–Trinajstić information content (AvgIpc) is 2.26. The molecule has 0 aliphatic heterocycles. The first-order valence-electron chi connectivity index (χ1n) is 4.06. The van der Waals surface area contributed by atoms with Gasteiger partial charge in [0.05, 0.1) is 17.8 Å². The van der Waals surface area contributed by atoms with Crippen LogP contribution in [0.3, 0.4) is 0 Å². The lowest BCUT2D eigenvalue weighted by molar-refractivity contribution is 0.0696. The average molecular weight is 226 g/mol. The predicted octanol–water partition coefficient (Wildman–Crippen LogP) is -0.382. The molecular formula is C8H10N4O2S. The maximum absolute atomic E-state index is 10.6. The molecule has 0 unspecified atom stereocenters. The van der Waals surface area contributed by atoms with Gasteiger partial charge in [-0.3, -0.25) is 4.98 Å². The third-order valence-corrected chi connectivity index (χ3v) is 1.89. The fraction of sp³-hybridized carbons (Fsp3) is 0.125. The molecule has 1 aromatic rings. The van der Waals surface area contributed by atoms with Gasteiger partial charge in [-0.1, -0.05) is 0 Å². The second-order valence-electron chi connectivity index (χ2n) is 2.67. The Morgan fingerprint density at radius 3 is 3.00 bits per heavy atom. The summed E-state index contributed by atoms with van der Waals surface area (Å²) in [6, 6.07) is 2.89. The fourth-order valence-electron chi connectivity index (χ4n) is 0.930. The highest BCUT2D eigenvalue weighted by Gasteiger charge is 2.04. The number of nitrogens with one attached hydrogen (secondary N) is 2. The molecule has 1 heterocycles. The number of thiocarbonyl (C=S) groups is 1. The fourth-order valence-corrected chi connectivity index (χ4v) is 1.00. The highest BCUT2D eigenvalue weighted by Crippen LogP contribution is 2.01. The number of hydrogen-bond donors (Lipinski definition) is 4. The van der Waals surface area contributed by atoms with Gasteiger partial charge in [-0.15, -0.1) is 0 Å². The van der Waals surface area contributed by atoms with Crippen LogP contribution in [0.5, 0.6) is 0 Å². The Bertz CT molecular complexity index is 383. The van der Waals surface area contributed by atoms with Gasteiger partial charge >= 0.3 is 5.97 Å². The van der Waals surface area contributed by atoms with Gasteiger partial charge in [0.2, 0.25) is 0 Å². The number of aromatic nitrogens is 1. The van der Waals surface area contributed by atoms with Crippen LogP contribution in [0.15, 0.2) is 18.3 Å². The minimum Gasteiger partial charge on any atom is -0.478 e. The van der Waals surface area contributed by atoms with E-state index in [4.69, 9.17) is 23.2 Å². The molecule has 15 heavy (non-hydrogen) atoms. The minimum absolute atomic E-state index is 0.188. The van der Waals surface area contributed by atoms with Gasteiger partial charge in [0.1, 0.15) is 0 Å². The van der Waals surface area contributed by atoms with Crippen LogP contribution in [0.2, 0.25) is 0 Å². The molecule has 0 radical (unpaired) electrons. The van der Waals surface area contributed by atoms with Gasteiger partial charge in [-0.05, 0) is 24.4 Å². The quantitative estimate of drug-likeness (QED) is 0.316. The predicted molar refractivity (Wildman–Crippen MR) is 58.0 cm³/mol. The Morgan fingerprint density at radius 1 is 1.67 bits per heavy atom. The molecule has 0 saturated heterocycles. The topological polar surface area (TPSA) is 100 Å². The SMILES string of the molecule is NNC(=S)NCc1cc(C(=O)O)ccn1. The number of carboxylic acid groups (broad SMARTS) is 1. The van der Waals surface area contributed by atoms with Crippen LogP contribution >= 0.6 is 12.2 Å². The summed E-state index contributed by atoms with van der Waals surface area (Å²) in [4.78, 5) is 14.6. The van der Waals surface area contributed by atoms with Crippen molar-refractivity contribution in [2.24, 2.45) is 5.84 Å². The number of carboxylic acids is 1. The third kappa shape index (κ3) is 3.49. The largest absolute Gasteiger partial charge is 0.478 e. The Hall–Kier alpha value is -1.73. The summed E-state index contributed by atoms with van der Waals surface area (Å²) in [7, 11) is 0. The zero-order valence-electron chi connectivity index (χ0n) is 7.73. The Balaban J connectivity index is 2.66. The van der Waals surface area contributed by atoms with E-state index in [9.17, 15) is 4.79 Å². The van der Waals surface area contributed by atoms with Crippen LogP contribution in [-0.4, -0.2) is 21.2 Å². The van der Waals surface area contributed by atoms with Crippen molar-refractivity contribution in [1.82, 2.24) is 15.7 Å². The van der Waals surface area contributed by atoms with E-state index >= 15 is 0 Å². The van der Waals surface area contributed by atoms with Gasteiger partial charge in [-0.2, -0.15) is 0 Å². The van der Waals surface area contributed by atoms with Crippen LogP contribution in [-0.2, 0) is 6.54 Å². The number of hydrogen-bond acceptors (Lipinski definition) is 4. The second-order valence-corrected chi connectivity index (χ2v) is 3.08. The smallest absolute Gasteiger partial charge is 0.335 e. The summed E-state index contributed by atoms with van der Waals surface area (Å²) >= 11 is 4.75. The molecular weight excluding hydrogens is 216 g/mol. The second kappa shape index (κ2) is 5.23. The highest BCUT2D eigenvalue weighted by atomic mass is 32.1. The van der Waals surface area contributed by atoms with Crippen LogP contribution in [0, 0.1) is 0 Å². The molecule has 0 aliphatic rings. The summed E-state index contributed by atoms with van der Waals surface area (Å²) in [5.41, 5.74) is 3.01. The molecule has 7 heteroatoms. The summed E-state index contributed by atoms with van der Waals surface area (Å²) in [5, 5.41) is 11.8. The Labute approximate surface area is 91.5 Å². The minimum atomic E-state index is -0.988. The van der Waals surface area contributed by atoms with Crippen molar-refractivity contribution in [3.63, 3.8) is 0 Å². The normalized spacial score (nSPS) is 9.40. The molecule has 0 aliphatic carbocycles. The Kier molecular flexibility index (Phi) is 3.95. The lowest BCUT2D eigenvalue weighted by Gasteiger charge is -2.06. The number of aromatic carboxylic acids is 1. The van der Waals surface area contributed by atoms with Crippen molar-refractivity contribution in [1.29, 1.82) is 0 Å². The van der Waals surface area contributed by atoms with Crippen LogP contribution < -0.4 is 16.6 Å². The number of nitrogens with two attached hydrogens (primary N) is 1. The van der Waals surface area contributed by atoms with Crippen molar-refractivity contribution in [2.75, 3.05) is 0 Å². The van der Waals surface area contributed by atoms with Gasteiger partial charge in [0.15, 0.2) is 5.11 Å². The summed E-state index contributed by atoms with van der Waals surface area (Å²) in [6.45, 7) is 0.324. The first-order chi connectivity index (χ1) is 7.13. The van der Waals surface area contributed by atoms with Crippen LogP contribution in [0.1, 0.15) is 16.1 Å². The van der Waals surface area contributed by atoms with Gasteiger partial charge in [-0.25, -0.2) is 10.6 Å². The van der Waals surface area contributed by atoms with E-state index in [1.54, 1.807) is 0 Å². The number of pyridine rings is 1. The van der Waals surface area contributed by atoms with E-state index in [0.717, 1.165) is 0 Å². The maximum Gasteiger partial charge on any atom is 0.335 e. The molecule has 0 atom stereocenters. The van der Waals surface area contributed by atoms with E-state index in [1.807, 2.05) is 0 Å². The number of rotatable bonds is 3. The number of nitrogens with zero attached hydrogens (tertiary/aromatic N) is 1. The molecule has 80 valence electrons. The van der Waals surface area contributed by atoms with E-state index < -0.39 is 5.97 Å². The zero-order chi connectivity index (χ0) is 11.3. The highest BCUT2D eigenvalue weighted by molar-refractivity contribution is 7.80. The Morgan fingerprint density at radius 2 is 2.40 bits per heavy atom. The lowest BCUT2D eigenvalue weighted by Crippen LogP contribution is -2.39. The molecule has 0 bridgehead atoms. The zero-order valence-corrected chi connectivity index (χ0v) is 8.54. The van der Waals surface area contributed by atoms with Crippen LogP contribution in [0.4, 0.5) is 0 Å². The summed E-state index contributed by atoms with van der Waals surface area (Å²) < 4.78 is 0. The van der Waals surface area contributed by atoms with E-state index in [0.29, 0.717) is 12.2 Å². The number of hydrazine groups is 1. The van der Waals surface area contributed by atoms with Crippen LogP contribution in [0.25, 0.3) is 0 Å². The molecule has 0 spiro atoms. The molecule has 1 aromatic heterocycles. The van der Waals surface area contributed by atoms with E-state index in [1.165, 1.54) is 18.3 Å². The first kappa shape index (κ1) is 11.3. The molecule has 0 fully saturated rings. The van der Waals surface area contributed by atoms with Crippen molar-refractivity contribution >= 4 is 23.3 Å². The van der Waals surface area contributed by atoms with Crippen molar-refractivity contribution in [3.8, 4) is 0 Å². The van der Waals surface area contributed by atoms with Gasteiger partial charge in [0.25, 0.3) is 0 Å². The third-order valence-electron chi connectivity index (χ3n) is 1.62. The monoisotopic (exact) mass is 226 g/mol. The number of carbonyl (C=O) groups is 1. The van der Waals surface area contributed by atoms with Gasteiger partial charge in [0, 0.05) is 6.20 Å². The molecule has 0 saturated carbocycles. The van der Waals surface area contributed by atoms with Crippen molar-refractivity contribution in [3.05, 3.63) is 29.6 Å². The van der Waals surface area contributed by atoms with Crippen molar-refractivity contribution in [2.45, 2.75) is 6.54 Å². The maximum atomic E-state index is 10.6.